The van der Waals surface area contributed by atoms with Crippen molar-refractivity contribution in [2.24, 2.45) is 5.73 Å². The summed E-state index contributed by atoms with van der Waals surface area (Å²) in [5.74, 6) is 0.787. The fourth-order valence-corrected chi connectivity index (χ4v) is 4.70. The third kappa shape index (κ3) is 2.11. The second-order valence-electron chi connectivity index (χ2n) is 6.23. The van der Waals surface area contributed by atoms with Crippen molar-refractivity contribution in [2.75, 3.05) is 0 Å². The summed E-state index contributed by atoms with van der Waals surface area (Å²) in [6, 6.07) is 11.4. The lowest BCUT2D eigenvalue weighted by atomic mass is 9.79. The highest BCUT2D eigenvalue weighted by molar-refractivity contribution is 7.12. The summed E-state index contributed by atoms with van der Waals surface area (Å²) in [6.45, 7) is 0. The molecule has 104 valence electrons. The highest BCUT2D eigenvalue weighted by Gasteiger charge is 2.22. The van der Waals surface area contributed by atoms with Crippen LogP contribution in [0.1, 0.15) is 64.1 Å². The number of thiophene rings is 1. The van der Waals surface area contributed by atoms with Gasteiger partial charge in [0.2, 0.25) is 0 Å². The Balaban J connectivity index is 1.62. The van der Waals surface area contributed by atoms with E-state index < -0.39 is 0 Å². The van der Waals surface area contributed by atoms with Crippen LogP contribution in [0.5, 0.6) is 0 Å². The van der Waals surface area contributed by atoms with E-state index in [0.717, 1.165) is 5.92 Å². The van der Waals surface area contributed by atoms with E-state index in [-0.39, 0.29) is 6.04 Å². The van der Waals surface area contributed by atoms with E-state index in [1.807, 2.05) is 11.3 Å². The van der Waals surface area contributed by atoms with Crippen molar-refractivity contribution in [1.82, 2.24) is 0 Å². The molecule has 0 spiro atoms. The van der Waals surface area contributed by atoms with Gasteiger partial charge >= 0.3 is 0 Å². The van der Waals surface area contributed by atoms with Crippen LogP contribution >= 0.6 is 11.3 Å². The quantitative estimate of drug-likeness (QED) is 0.878. The summed E-state index contributed by atoms with van der Waals surface area (Å²) in [5.41, 5.74) is 10.8. The van der Waals surface area contributed by atoms with Crippen LogP contribution in [0.4, 0.5) is 0 Å². The molecule has 1 saturated carbocycles. The molecule has 2 heteroatoms. The van der Waals surface area contributed by atoms with E-state index in [1.54, 1.807) is 10.4 Å². The highest BCUT2D eigenvalue weighted by Crippen LogP contribution is 2.39. The van der Waals surface area contributed by atoms with E-state index in [0.29, 0.717) is 0 Å². The first-order valence-electron chi connectivity index (χ1n) is 7.78. The topological polar surface area (TPSA) is 26.0 Å². The fourth-order valence-electron chi connectivity index (χ4n) is 3.42. The van der Waals surface area contributed by atoms with Crippen LogP contribution < -0.4 is 5.73 Å². The maximum Gasteiger partial charge on any atom is 0.0646 e. The van der Waals surface area contributed by atoms with Gasteiger partial charge in [-0.15, -0.1) is 11.3 Å². The Bertz CT molecular complexity index is 603. The van der Waals surface area contributed by atoms with Crippen molar-refractivity contribution in [3.05, 3.63) is 56.8 Å². The van der Waals surface area contributed by atoms with Gasteiger partial charge in [-0.05, 0) is 60.8 Å². The number of nitrogens with two attached hydrogens (primary N) is 1. The van der Waals surface area contributed by atoms with E-state index in [9.17, 15) is 0 Å². The van der Waals surface area contributed by atoms with Crippen molar-refractivity contribution in [1.29, 1.82) is 0 Å². The van der Waals surface area contributed by atoms with Gasteiger partial charge in [-0.3, -0.25) is 0 Å². The molecule has 1 unspecified atom stereocenters. The smallest absolute Gasteiger partial charge is 0.0646 e. The number of hydrogen-bond donors (Lipinski definition) is 1. The summed E-state index contributed by atoms with van der Waals surface area (Å²) >= 11 is 1.93. The van der Waals surface area contributed by atoms with Gasteiger partial charge in [-0.1, -0.05) is 30.7 Å². The van der Waals surface area contributed by atoms with E-state index >= 15 is 0 Å². The molecule has 2 aliphatic carbocycles. The molecule has 0 saturated heterocycles. The lowest BCUT2D eigenvalue weighted by Crippen LogP contribution is -2.13. The van der Waals surface area contributed by atoms with Crippen LogP contribution in [-0.4, -0.2) is 0 Å². The molecule has 2 aliphatic rings. The third-order valence-corrected chi connectivity index (χ3v) is 6.24. The Labute approximate surface area is 124 Å². The van der Waals surface area contributed by atoms with Crippen LogP contribution in [0.15, 0.2) is 30.3 Å². The molecule has 1 aromatic heterocycles. The number of benzene rings is 1. The van der Waals surface area contributed by atoms with Crippen molar-refractivity contribution < 1.29 is 0 Å². The summed E-state index contributed by atoms with van der Waals surface area (Å²) < 4.78 is 0. The second-order valence-corrected chi connectivity index (χ2v) is 7.39. The van der Waals surface area contributed by atoms with E-state index in [2.05, 4.69) is 30.3 Å². The maximum absolute atomic E-state index is 6.52. The fraction of sp³-hybridized carbons (Fsp3) is 0.444. The van der Waals surface area contributed by atoms with Crippen LogP contribution in [0.25, 0.3) is 0 Å². The van der Waals surface area contributed by atoms with Crippen LogP contribution in [-0.2, 0) is 12.8 Å². The van der Waals surface area contributed by atoms with Crippen molar-refractivity contribution >= 4 is 11.3 Å². The molecule has 1 nitrogen and oxygen atoms in total. The molecule has 1 fully saturated rings. The van der Waals surface area contributed by atoms with Crippen molar-refractivity contribution in [3.63, 3.8) is 0 Å². The number of fused-ring (bicyclic) bond motifs is 1. The summed E-state index contributed by atoms with van der Waals surface area (Å²) in [7, 11) is 0. The molecule has 1 heterocycles. The molecular weight excluding hydrogens is 262 g/mol. The molecule has 0 aliphatic heterocycles. The van der Waals surface area contributed by atoms with E-state index in [1.165, 1.54) is 54.5 Å². The molecule has 2 N–H and O–H groups in total. The molecule has 20 heavy (non-hydrogen) atoms. The Morgan fingerprint density at radius 2 is 2.00 bits per heavy atom. The summed E-state index contributed by atoms with van der Waals surface area (Å²) in [4.78, 5) is 2.92. The largest absolute Gasteiger partial charge is 0.320 e. The molecule has 1 aromatic carbocycles. The average molecular weight is 283 g/mol. The summed E-state index contributed by atoms with van der Waals surface area (Å²) in [5, 5.41) is 0. The molecular formula is C18H21NS. The van der Waals surface area contributed by atoms with Gasteiger partial charge in [0.05, 0.1) is 6.04 Å². The number of hydrogen-bond acceptors (Lipinski definition) is 2. The normalized spacial score (nSPS) is 19.6. The monoisotopic (exact) mass is 283 g/mol. The van der Waals surface area contributed by atoms with Gasteiger partial charge in [-0.2, -0.15) is 0 Å². The van der Waals surface area contributed by atoms with Gasteiger partial charge in [0, 0.05) is 9.75 Å². The van der Waals surface area contributed by atoms with Gasteiger partial charge in [0.1, 0.15) is 0 Å². The maximum atomic E-state index is 6.52. The van der Waals surface area contributed by atoms with Crippen molar-refractivity contribution in [2.45, 2.75) is 50.5 Å². The summed E-state index contributed by atoms with van der Waals surface area (Å²) in [6.07, 6.45) is 7.93. The minimum Gasteiger partial charge on any atom is -0.320 e. The lowest BCUT2D eigenvalue weighted by Gasteiger charge is -2.26. The van der Waals surface area contributed by atoms with Crippen LogP contribution in [0.3, 0.4) is 0 Å². The first-order chi connectivity index (χ1) is 9.81. The van der Waals surface area contributed by atoms with Crippen LogP contribution in [0, 0.1) is 0 Å². The SMILES string of the molecule is NC(c1cccc(C2CCC2)c1)c1cc2c(s1)CCC2. The van der Waals surface area contributed by atoms with Gasteiger partial charge in [0.25, 0.3) is 0 Å². The Kier molecular flexibility index (Phi) is 3.16. The van der Waals surface area contributed by atoms with Gasteiger partial charge in [-0.25, -0.2) is 0 Å². The Hall–Kier alpha value is -1.12. The first kappa shape index (κ1) is 12.6. The van der Waals surface area contributed by atoms with E-state index in [4.69, 9.17) is 5.73 Å². The molecule has 1 atom stereocenters. The molecule has 0 radical (unpaired) electrons. The molecule has 4 rings (SSSR count). The predicted molar refractivity (Wildman–Crippen MR) is 85.4 cm³/mol. The second kappa shape index (κ2) is 5.01. The minimum absolute atomic E-state index is 0.0608. The zero-order chi connectivity index (χ0) is 13.5. The van der Waals surface area contributed by atoms with Gasteiger partial charge in [0.15, 0.2) is 0 Å². The Morgan fingerprint density at radius 3 is 2.75 bits per heavy atom. The first-order valence-corrected chi connectivity index (χ1v) is 8.60. The average Bonchev–Trinajstić information content (AvgIpc) is 2.96. The zero-order valence-corrected chi connectivity index (χ0v) is 12.6. The number of aryl methyl sites for hydroxylation is 2. The lowest BCUT2D eigenvalue weighted by molar-refractivity contribution is 0.419. The standard InChI is InChI=1S/C18H21NS/c19-18(17-11-14-7-3-9-16(14)20-17)15-8-2-6-13(10-15)12-4-1-5-12/h2,6,8,10-12,18H,1,3-5,7,9,19H2. The molecule has 0 bridgehead atoms. The third-order valence-electron chi connectivity index (χ3n) is 4.92. The predicted octanol–water partition coefficient (Wildman–Crippen LogP) is 4.55. The Morgan fingerprint density at radius 1 is 1.10 bits per heavy atom. The van der Waals surface area contributed by atoms with Crippen LogP contribution in [0.2, 0.25) is 0 Å². The molecule has 2 aromatic rings. The number of rotatable bonds is 3. The highest BCUT2D eigenvalue weighted by atomic mass is 32.1. The minimum atomic E-state index is 0.0608. The van der Waals surface area contributed by atoms with Crippen molar-refractivity contribution in [3.8, 4) is 0 Å². The molecule has 0 amide bonds. The zero-order valence-electron chi connectivity index (χ0n) is 11.8. The van der Waals surface area contributed by atoms with Gasteiger partial charge < -0.3 is 5.73 Å².